The van der Waals surface area contributed by atoms with Gasteiger partial charge >= 0.3 is 33.6 Å². The number of aliphatic hydroxyl groups is 2. The monoisotopic (exact) mass is 1350 g/mol. The molecular weight excluding hydrogens is 1220 g/mol. The number of carbonyl (C=O) groups excluding carboxylic acids is 3. The summed E-state index contributed by atoms with van der Waals surface area (Å²) in [4.78, 5) is 58.3. The van der Waals surface area contributed by atoms with Crippen LogP contribution in [0.1, 0.15) is 329 Å². The van der Waals surface area contributed by atoms with E-state index < -0.39 is 91.5 Å². The van der Waals surface area contributed by atoms with Gasteiger partial charge in [0.2, 0.25) is 0 Å². The zero-order chi connectivity index (χ0) is 68.1. The third kappa shape index (κ3) is 70.1. The molecule has 5 unspecified atom stereocenters. The number of hydrogen-bond donors (Lipinski definition) is 4. The fourth-order valence-electron chi connectivity index (χ4n) is 10.2. The first-order valence-electron chi connectivity index (χ1n) is 37.2. The fraction of sp³-hybridized carbons (Fsp3) is 0.800. The molecule has 0 aromatic rings. The van der Waals surface area contributed by atoms with Crippen LogP contribution in [0.25, 0.3) is 0 Å². The Bertz CT molecular complexity index is 1990. The Morgan fingerprint density at radius 1 is 0.312 bits per heavy atom. The van der Waals surface area contributed by atoms with Gasteiger partial charge in [0, 0.05) is 19.3 Å². The molecule has 542 valence electrons. The molecule has 93 heavy (non-hydrogen) atoms. The molecule has 0 bridgehead atoms. The minimum atomic E-state index is -4.91. The summed E-state index contributed by atoms with van der Waals surface area (Å²) in [6.07, 6.45) is 74.2. The molecular formula is C75H136O16P2. The number of allylic oxidation sites excluding steroid dienone is 12. The molecule has 16 nitrogen and oxygen atoms in total. The van der Waals surface area contributed by atoms with E-state index in [-0.39, 0.29) is 19.3 Å². The minimum absolute atomic E-state index is 0.109. The van der Waals surface area contributed by atoms with Crippen molar-refractivity contribution in [3.63, 3.8) is 0 Å². The zero-order valence-corrected chi connectivity index (χ0v) is 60.7. The lowest BCUT2D eigenvalue weighted by atomic mass is 10.0. The van der Waals surface area contributed by atoms with Gasteiger partial charge in [-0.1, -0.05) is 293 Å². The molecule has 0 heterocycles. The van der Waals surface area contributed by atoms with Crippen LogP contribution in [0.4, 0.5) is 0 Å². The van der Waals surface area contributed by atoms with E-state index in [0.29, 0.717) is 19.3 Å². The number of aliphatic hydroxyl groups excluding tert-OH is 2. The molecule has 0 aromatic carbocycles. The highest BCUT2D eigenvalue weighted by atomic mass is 31.2. The summed E-state index contributed by atoms with van der Waals surface area (Å²) < 4.78 is 60.9. The summed E-state index contributed by atoms with van der Waals surface area (Å²) in [7, 11) is -9.76. The molecule has 5 atom stereocenters. The molecule has 0 radical (unpaired) electrons. The number of phosphoric ester groups is 2. The molecule has 0 aliphatic rings. The van der Waals surface area contributed by atoms with Crippen molar-refractivity contribution < 1.29 is 75.8 Å². The lowest BCUT2D eigenvalue weighted by Gasteiger charge is -2.21. The number of unbranched alkanes of at least 4 members (excludes halogenated alkanes) is 36. The summed E-state index contributed by atoms with van der Waals surface area (Å²) in [6, 6.07) is 0. The molecule has 0 aromatic heterocycles. The molecule has 0 rings (SSSR count). The van der Waals surface area contributed by atoms with Gasteiger partial charge in [-0.3, -0.25) is 32.5 Å². The van der Waals surface area contributed by atoms with Crippen molar-refractivity contribution in [1.82, 2.24) is 0 Å². The third-order valence-electron chi connectivity index (χ3n) is 15.9. The second kappa shape index (κ2) is 68.9. The molecule has 0 saturated heterocycles. The van der Waals surface area contributed by atoms with Crippen LogP contribution in [0, 0.1) is 0 Å². The first-order valence-corrected chi connectivity index (χ1v) is 40.2. The van der Waals surface area contributed by atoms with E-state index in [1.807, 2.05) is 0 Å². The highest BCUT2D eigenvalue weighted by Gasteiger charge is 2.29. The first-order chi connectivity index (χ1) is 45.2. The average Bonchev–Trinajstić information content (AvgIpc) is 3.07. The number of ether oxygens (including phenoxy) is 3. The lowest BCUT2D eigenvalue weighted by Crippen LogP contribution is -2.30. The molecule has 0 aliphatic carbocycles. The van der Waals surface area contributed by atoms with E-state index in [4.69, 9.17) is 32.3 Å². The Labute approximate surface area is 566 Å². The number of hydrogen-bond acceptors (Lipinski definition) is 14. The van der Waals surface area contributed by atoms with Crippen molar-refractivity contribution in [3.8, 4) is 0 Å². The Morgan fingerprint density at radius 2 is 0.570 bits per heavy atom. The van der Waals surface area contributed by atoms with Gasteiger partial charge in [-0.2, -0.15) is 0 Å². The standard InChI is InChI=1S/C75H136O16P2/c1-4-7-10-13-16-19-22-24-25-26-27-28-29-30-31-32-33-34-35-36-37-38-39-40-41-42-43-45-48-49-52-55-58-61-73(78)85-64-70(76)65-87-92(81,82)88-66-71(77)67-89-93(83,84)90-69-72(91-75(80)63-60-57-54-51-46-21-18-15-12-9-6-3)68-86-74(79)62-59-56-53-50-47-44-23-20-17-14-11-8-5-2/h7,10,16,19-20,23-25,27-28,30-31,70-72,76-77H,4-6,8-9,11-15,17-18,21-22,26,29,32-69H2,1-3H3,(H,81,82)(H,83,84)/b10-7-,19-16-,23-20-,25-24-,28-27-,31-30-. The van der Waals surface area contributed by atoms with Crippen LogP contribution in [0.3, 0.4) is 0 Å². The summed E-state index contributed by atoms with van der Waals surface area (Å²) >= 11 is 0. The summed E-state index contributed by atoms with van der Waals surface area (Å²) in [5.74, 6) is -1.57. The quantitative estimate of drug-likeness (QED) is 0.0146. The maximum absolute atomic E-state index is 12.8. The van der Waals surface area contributed by atoms with Crippen molar-refractivity contribution in [2.75, 3.05) is 39.6 Å². The summed E-state index contributed by atoms with van der Waals surface area (Å²) in [6.45, 7) is 2.56. The van der Waals surface area contributed by atoms with Crippen molar-refractivity contribution in [1.29, 1.82) is 0 Å². The highest BCUT2D eigenvalue weighted by molar-refractivity contribution is 7.47. The van der Waals surface area contributed by atoms with Crippen molar-refractivity contribution in [3.05, 3.63) is 72.9 Å². The first kappa shape index (κ1) is 90.0. The van der Waals surface area contributed by atoms with Crippen molar-refractivity contribution in [2.45, 2.75) is 347 Å². The minimum Gasteiger partial charge on any atom is -0.463 e. The SMILES string of the molecule is CC/C=C\C/C=C\C/C=C\C/C=C\C/C=C\CCCCCCCCCCCCCCCCCCCC(=O)OCC(O)COP(=O)(O)OCC(O)COP(=O)(O)OCC(COC(=O)CCCCCCC/C=C\CCCCCC)OC(=O)CCCCCCCCCCCCC. The Morgan fingerprint density at radius 3 is 0.925 bits per heavy atom. The zero-order valence-electron chi connectivity index (χ0n) is 58.9. The Hall–Kier alpha value is -3.01. The Kier molecular flexibility index (Phi) is 66.7. The van der Waals surface area contributed by atoms with Gasteiger partial charge in [0.25, 0.3) is 0 Å². The summed E-state index contributed by atoms with van der Waals surface area (Å²) in [5.41, 5.74) is 0. The van der Waals surface area contributed by atoms with E-state index in [9.17, 15) is 43.5 Å². The molecule has 0 amide bonds. The van der Waals surface area contributed by atoms with Crippen molar-refractivity contribution >= 4 is 33.6 Å². The van der Waals surface area contributed by atoms with Gasteiger partial charge in [-0.25, -0.2) is 9.13 Å². The summed E-state index contributed by atoms with van der Waals surface area (Å²) in [5, 5.41) is 20.6. The van der Waals surface area contributed by atoms with E-state index in [0.717, 1.165) is 116 Å². The number of carbonyl (C=O) groups is 3. The second-order valence-electron chi connectivity index (χ2n) is 25.1. The second-order valence-corrected chi connectivity index (χ2v) is 28.0. The Balaban J connectivity index is 4.28. The van der Waals surface area contributed by atoms with Gasteiger partial charge in [0.15, 0.2) is 6.10 Å². The van der Waals surface area contributed by atoms with Crippen LogP contribution >= 0.6 is 15.6 Å². The van der Waals surface area contributed by atoms with Crippen LogP contribution in [-0.2, 0) is 55.8 Å². The van der Waals surface area contributed by atoms with Gasteiger partial charge in [-0.05, 0) is 89.9 Å². The topological polar surface area (TPSA) is 231 Å². The van der Waals surface area contributed by atoms with Crippen LogP contribution in [0.5, 0.6) is 0 Å². The van der Waals surface area contributed by atoms with Crippen LogP contribution in [0.15, 0.2) is 72.9 Å². The maximum atomic E-state index is 12.8. The smallest absolute Gasteiger partial charge is 0.463 e. The van der Waals surface area contributed by atoms with Crippen LogP contribution < -0.4 is 0 Å². The normalized spacial score (nSPS) is 14.5. The number of phosphoric acid groups is 2. The molecule has 4 N–H and O–H groups in total. The van der Waals surface area contributed by atoms with Gasteiger partial charge < -0.3 is 34.2 Å². The molecule has 0 fully saturated rings. The lowest BCUT2D eigenvalue weighted by molar-refractivity contribution is -0.161. The van der Waals surface area contributed by atoms with E-state index in [1.54, 1.807) is 0 Å². The number of esters is 3. The third-order valence-corrected chi connectivity index (χ3v) is 17.8. The van der Waals surface area contributed by atoms with Gasteiger partial charge in [0.1, 0.15) is 25.4 Å². The van der Waals surface area contributed by atoms with E-state index >= 15 is 0 Å². The predicted molar refractivity (Wildman–Crippen MR) is 381 cm³/mol. The van der Waals surface area contributed by atoms with E-state index in [2.05, 4.69) is 93.7 Å². The molecule has 0 aliphatic heterocycles. The van der Waals surface area contributed by atoms with Gasteiger partial charge in [-0.15, -0.1) is 0 Å². The molecule has 0 saturated carbocycles. The highest BCUT2D eigenvalue weighted by Crippen LogP contribution is 2.45. The maximum Gasteiger partial charge on any atom is 0.472 e. The average molecular weight is 1360 g/mol. The van der Waals surface area contributed by atoms with Crippen molar-refractivity contribution in [2.24, 2.45) is 0 Å². The fourth-order valence-corrected chi connectivity index (χ4v) is 11.8. The predicted octanol–water partition coefficient (Wildman–Crippen LogP) is 21.1. The van der Waals surface area contributed by atoms with Crippen LogP contribution in [-0.4, -0.2) is 95.9 Å². The number of rotatable bonds is 71. The largest absolute Gasteiger partial charge is 0.472 e. The van der Waals surface area contributed by atoms with Crippen LogP contribution in [0.2, 0.25) is 0 Å². The van der Waals surface area contributed by atoms with E-state index in [1.165, 1.54) is 154 Å². The van der Waals surface area contributed by atoms with Gasteiger partial charge in [0.05, 0.1) is 26.4 Å². The molecule has 18 heteroatoms. The molecule has 0 spiro atoms.